The Bertz CT molecular complexity index is 240. The first-order chi connectivity index (χ1) is 6.00. The van der Waals surface area contributed by atoms with Crippen LogP contribution in [0.25, 0.3) is 0 Å². The van der Waals surface area contributed by atoms with Crippen LogP contribution in [0.3, 0.4) is 0 Å². The van der Waals surface area contributed by atoms with Gasteiger partial charge < -0.3 is 4.74 Å². The van der Waals surface area contributed by atoms with Crippen LogP contribution in [0.5, 0.6) is 0 Å². The summed E-state index contributed by atoms with van der Waals surface area (Å²) in [7, 11) is 0. The molecule has 74 valence electrons. The quantitative estimate of drug-likeness (QED) is 0.661. The molecule has 2 atom stereocenters. The van der Waals surface area contributed by atoms with Crippen LogP contribution in [-0.2, 0) is 4.74 Å². The van der Waals surface area contributed by atoms with E-state index in [4.69, 9.17) is 16.3 Å². The van der Waals surface area contributed by atoms with Crippen LogP contribution in [-0.4, -0.2) is 6.10 Å². The van der Waals surface area contributed by atoms with Crippen molar-refractivity contribution >= 4 is 11.6 Å². The van der Waals surface area contributed by atoms with Gasteiger partial charge in [0.1, 0.15) is 5.76 Å². The van der Waals surface area contributed by atoms with E-state index in [2.05, 4.69) is 26.0 Å². The third-order valence-corrected chi connectivity index (χ3v) is 2.56. The zero-order chi connectivity index (χ0) is 10.0. The molecule has 1 nitrogen and oxygen atoms in total. The van der Waals surface area contributed by atoms with Gasteiger partial charge in [0.15, 0.2) is 0 Å². The van der Waals surface area contributed by atoms with Gasteiger partial charge in [0.25, 0.3) is 0 Å². The van der Waals surface area contributed by atoms with E-state index < -0.39 is 0 Å². The first kappa shape index (κ1) is 10.6. The molecule has 0 fully saturated rings. The fourth-order valence-electron chi connectivity index (χ4n) is 1.28. The lowest BCUT2D eigenvalue weighted by Gasteiger charge is -2.23. The molecular weight excluding hydrogens is 184 g/mol. The van der Waals surface area contributed by atoms with Crippen molar-refractivity contribution in [3.8, 4) is 0 Å². The van der Waals surface area contributed by atoms with Gasteiger partial charge in [-0.05, 0) is 31.8 Å². The summed E-state index contributed by atoms with van der Waals surface area (Å²) in [6.07, 6.45) is 4.35. The van der Waals surface area contributed by atoms with Crippen molar-refractivity contribution in [1.29, 1.82) is 0 Å². The third kappa shape index (κ3) is 2.77. The van der Waals surface area contributed by atoms with Gasteiger partial charge in [-0.3, -0.25) is 0 Å². The topological polar surface area (TPSA) is 9.23 Å². The molecule has 0 N–H and O–H groups in total. The summed E-state index contributed by atoms with van der Waals surface area (Å²) in [6.45, 7) is 8.35. The molecule has 0 aromatic heterocycles. The minimum absolute atomic E-state index is 0.189. The Morgan fingerprint density at radius 2 is 1.77 bits per heavy atom. The van der Waals surface area contributed by atoms with Crippen LogP contribution in [0.2, 0.25) is 0 Å². The fraction of sp³-hybridized carbons (Fsp3) is 0.636. The highest BCUT2D eigenvalue weighted by Gasteiger charge is 2.18. The van der Waals surface area contributed by atoms with Gasteiger partial charge >= 0.3 is 0 Å². The summed E-state index contributed by atoms with van der Waals surface area (Å²) < 4.78 is 5.58. The van der Waals surface area contributed by atoms with E-state index in [9.17, 15) is 0 Å². The smallest absolute Gasteiger partial charge is 0.134 e. The van der Waals surface area contributed by atoms with Gasteiger partial charge in [0.2, 0.25) is 0 Å². The lowest BCUT2D eigenvalue weighted by molar-refractivity contribution is 0.152. The number of halogens is 1. The van der Waals surface area contributed by atoms with E-state index in [1.165, 1.54) is 0 Å². The zero-order valence-corrected chi connectivity index (χ0v) is 9.43. The average molecular weight is 201 g/mol. The van der Waals surface area contributed by atoms with E-state index in [1.807, 2.05) is 13.8 Å². The van der Waals surface area contributed by atoms with E-state index in [1.54, 1.807) is 0 Å². The fourth-order valence-corrected chi connectivity index (χ4v) is 1.59. The van der Waals surface area contributed by atoms with E-state index in [0.29, 0.717) is 11.8 Å². The largest absolute Gasteiger partial charge is 0.490 e. The third-order valence-electron chi connectivity index (χ3n) is 2.25. The normalized spacial score (nSPS) is 28.5. The van der Waals surface area contributed by atoms with Crippen molar-refractivity contribution in [1.82, 2.24) is 0 Å². The second-order valence-corrected chi connectivity index (χ2v) is 4.34. The molecule has 2 unspecified atom stereocenters. The first-order valence-electron chi connectivity index (χ1n) is 4.77. The molecule has 0 heterocycles. The Balaban J connectivity index is 2.74. The molecule has 1 aliphatic rings. The summed E-state index contributed by atoms with van der Waals surface area (Å²) >= 11 is 6.05. The Hall–Kier alpha value is -0.430. The zero-order valence-electron chi connectivity index (χ0n) is 8.67. The highest BCUT2D eigenvalue weighted by molar-refractivity contribution is 6.31. The molecule has 0 saturated carbocycles. The molecule has 1 rings (SSSR count). The summed E-state index contributed by atoms with van der Waals surface area (Å²) in [5.41, 5.74) is 0. The summed E-state index contributed by atoms with van der Waals surface area (Å²) in [5.74, 6) is 1.85. The minimum Gasteiger partial charge on any atom is -0.490 e. The number of hydrogen-bond acceptors (Lipinski definition) is 1. The molecule has 13 heavy (non-hydrogen) atoms. The predicted octanol–water partition coefficient (Wildman–Crippen LogP) is 3.70. The Morgan fingerprint density at radius 1 is 1.23 bits per heavy atom. The van der Waals surface area contributed by atoms with E-state index in [-0.39, 0.29) is 6.10 Å². The van der Waals surface area contributed by atoms with Crippen LogP contribution in [0.4, 0.5) is 0 Å². The van der Waals surface area contributed by atoms with Crippen molar-refractivity contribution in [2.75, 3.05) is 0 Å². The molecule has 0 spiro atoms. The first-order valence-corrected chi connectivity index (χ1v) is 5.14. The van der Waals surface area contributed by atoms with Gasteiger partial charge in [-0.2, -0.15) is 0 Å². The van der Waals surface area contributed by atoms with Crippen molar-refractivity contribution in [3.05, 3.63) is 22.9 Å². The van der Waals surface area contributed by atoms with Crippen molar-refractivity contribution in [2.24, 2.45) is 11.8 Å². The lowest BCUT2D eigenvalue weighted by atomic mass is 9.91. The Morgan fingerprint density at radius 3 is 2.31 bits per heavy atom. The van der Waals surface area contributed by atoms with Crippen LogP contribution in [0, 0.1) is 11.8 Å². The summed E-state index contributed by atoms with van der Waals surface area (Å²) in [6, 6.07) is 0. The van der Waals surface area contributed by atoms with Crippen molar-refractivity contribution in [3.63, 3.8) is 0 Å². The molecule has 0 aromatic carbocycles. The van der Waals surface area contributed by atoms with Crippen molar-refractivity contribution in [2.45, 2.75) is 33.8 Å². The van der Waals surface area contributed by atoms with Gasteiger partial charge in [0.05, 0.1) is 11.1 Å². The monoisotopic (exact) mass is 200 g/mol. The van der Waals surface area contributed by atoms with Crippen LogP contribution in [0.15, 0.2) is 22.9 Å². The van der Waals surface area contributed by atoms with Crippen LogP contribution in [0.1, 0.15) is 27.7 Å². The molecule has 0 bridgehead atoms. The molecule has 0 amide bonds. The highest BCUT2D eigenvalue weighted by Crippen LogP contribution is 2.30. The Labute approximate surface area is 85.4 Å². The molecule has 0 saturated heterocycles. The molecule has 0 aliphatic heterocycles. The Kier molecular flexibility index (Phi) is 3.43. The molecule has 2 heteroatoms. The number of allylic oxidation sites excluding steroid dienone is 3. The van der Waals surface area contributed by atoms with E-state index in [0.717, 1.165) is 10.8 Å². The number of ether oxygens (including phenoxy) is 1. The van der Waals surface area contributed by atoms with E-state index >= 15 is 0 Å². The average Bonchev–Trinajstić information content (AvgIpc) is 1.99. The SMILES string of the molecule is CC(C)OC1=CC(C)C(C)C=C1Cl. The second kappa shape index (κ2) is 4.19. The second-order valence-electron chi connectivity index (χ2n) is 3.93. The molecule has 0 radical (unpaired) electrons. The maximum atomic E-state index is 6.05. The van der Waals surface area contributed by atoms with Crippen LogP contribution < -0.4 is 0 Å². The maximum Gasteiger partial charge on any atom is 0.134 e. The van der Waals surface area contributed by atoms with Gasteiger partial charge in [-0.1, -0.05) is 31.5 Å². The predicted molar refractivity (Wildman–Crippen MR) is 56.6 cm³/mol. The minimum atomic E-state index is 0.189. The van der Waals surface area contributed by atoms with Crippen molar-refractivity contribution < 1.29 is 4.74 Å². The van der Waals surface area contributed by atoms with Gasteiger partial charge in [-0.25, -0.2) is 0 Å². The summed E-state index contributed by atoms with van der Waals surface area (Å²) in [5, 5.41) is 0.749. The molecule has 0 aromatic rings. The summed E-state index contributed by atoms with van der Waals surface area (Å²) in [4.78, 5) is 0. The molecular formula is C11H17ClO. The van der Waals surface area contributed by atoms with Gasteiger partial charge in [-0.15, -0.1) is 0 Å². The number of hydrogen-bond donors (Lipinski definition) is 0. The standard InChI is InChI=1S/C11H17ClO/c1-7(2)13-11-6-9(4)8(3)5-10(11)12/h5-9H,1-4H3. The number of rotatable bonds is 2. The highest BCUT2D eigenvalue weighted by atomic mass is 35.5. The lowest BCUT2D eigenvalue weighted by Crippen LogP contribution is -2.12. The molecule has 1 aliphatic carbocycles. The maximum absolute atomic E-state index is 6.05. The van der Waals surface area contributed by atoms with Crippen LogP contribution >= 0.6 is 11.6 Å². The van der Waals surface area contributed by atoms with Gasteiger partial charge in [0, 0.05) is 0 Å².